The molecular weight excluding hydrogens is 248 g/mol. The molecule has 1 aliphatic heterocycles. The third-order valence-electron chi connectivity index (χ3n) is 3.98. The zero-order valence-electron chi connectivity index (χ0n) is 10.6. The molecule has 0 saturated heterocycles. The van der Waals surface area contributed by atoms with E-state index in [1.807, 2.05) is 6.20 Å². The summed E-state index contributed by atoms with van der Waals surface area (Å²) in [6.45, 7) is 1.21. The second-order valence-corrected chi connectivity index (χ2v) is 5.09. The van der Waals surface area contributed by atoms with E-state index in [0.29, 0.717) is 24.9 Å². The molecule has 3 N–H and O–H groups in total. The van der Waals surface area contributed by atoms with Gasteiger partial charge in [0.25, 0.3) is 0 Å². The molecule has 19 heavy (non-hydrogen) atoms. The van der Waals surface area contributed by atoms with Crippen molar-refractivity contribution >= 4 is 0 Å². The third kappa shape index (κ3) is 2.18. The van der Waals surface area contributed by atoms with Crippen molar-refractivity contribution in [3.63, 3.8) is 0 Å². The zero-order valence-corrected chi connectivity index (χ0v) is 10.6. The first-order valence-electron chi connectivity index (χ1n) is 6.55. The van der Waals surface area contributed by atoms with Crippen molar-refractivity contribution in [1.82, 2.24) is 10.2 Å². The highest BCUT2D eigenvalue weighted by Gasteiger charge is 2.28. The van der Waals surface area contributed by atoms with E-state index in [-0.39, 0.29) is 6.04 Å². The van der Waals surface area contributed by atoms with Crippen LogP contribution in [0.2, 0.25) is 0 Å². The summed E-state index contributed by atoms with van der Waals surface area (Å²) in [4.78, 5) is 2.20. The lowest BCUT2D eigenvalue weighted by Crippen LogP contribution is -2.40. The number of nitrogens with two attached hydrogens (primary N) is 1. The van der Waals surface area contributed by atoms with Crippen LogP contribution >= 0.6 is 0 Å². The highest BCUT2D eigenvalue weighted by atomic mass is 19.1. The molecule has 3 nitrogen and oxygen atoms in total. The molecule has 1 aromatic rings. The summed E-state index contributed by atoms with van der Waals surface area (Å²) < 4.78 is 27.0. The SMILES string of the molecule is NCC1=CNCN1[C@@H]1CCc2c(F)cc(F)cc2C1. The molecule has 1 heterocycles. The van der Waals surface area contributed by atoms with E-state index in [0.717, 1.165) is 30.4 Å². The summed E-state index contributed by atoms with van der Waals surface area (Å²) >= 11 is 0. The highest BCUT2D eigenvalue weighted by molar-refractivity contribution is 5.33. The van der Waals surface area contributed by atoms with Gasteiger partial charge in [-0.15, -0.1) is 0 Å². The van der Waals surface area contributed by atoms with Gasteiger partial charge < -0.3 is 16.0 Å². The Kier molecular flexibility index (Phi) is 3.14. The van der Waals surface area contributed by atoms with Crippen LogP contribution in [0.3, 0.4) is 0 Å². The summed E-state index contributed by atoms with van der Waals surface area (Å²) in [5.74, 6) is -0.909. The van der Waals surface area contributed by atoms with Crippen molar-refractivity contribution in [2.75, 3.05) is 13.2 Å². The standard InChI is InChI=1S/C14H17F2N3/c15-10-3-9-4-11(1-2-13(9)14(16)5-10)19-8-18-7-12(19)6-17/h3,5,7,11,18H,1-2,4,6,8,17H2/t11-/m1/s1. The molecule has 1 aromatic carbocycles. The molecule has 0 bridgehead atoms. The molecule has 2 aliphatic rings. The van der Waals surface area contributed by atoms with Gasteiger partial charge >= 0.3 is 0 Å². The van der Waals surface area contributed by atoms with Gasteiger partial charge in [-0.2, -0.15) is 0 Å². The predicted octanol–water partition coefficient (Wildman–Crippen LogP) is 1.48. The van der Waals surface area contributed by atoms with Crippen LogP contribution in [0, 0.1) is 11.6 Å². The Bertz CT molecular complexity index is 528. The number of nitrogens with zero attached hydrogens (tertiary/aromatic N) is 1. The first kappa shape index (κ1) is 12.4. The number of rotatable bonds is 2. The number of benzene rings is 1. The molecular formula is C14H17F2N3. The molecule has 0 amide bonds. The van der Waals surface area contributed by atoms with Crippen LogP contribution in [0.15, 0.2) is 24.0 Å². The largest absolute Gasteiger partial charge is 0.372 e. The number of fused-ring (bicyclic) bond motifs is 1. The fourth-order valence-corrected chi connectivity index (χ4v) is 3.04. The Labute approximate surface area is 111 Å². The minimum Gasteiger partial charge on any atom is -0.372 e. The normalized spacial score (nSPS) is 21.9. The van der Waals surface area contributed by atoms with Crippen LogP contribution in [-0.2, 0) is 12.8 Å². The van der Waals surface area contributed by atoms with E-state index in [4.69, 9.17) is 5.73 Å². The molecule has 0 radical (unpaired) electrons. The van der Waals surface area contributed by atoms with Crippen molar-refractivity contribution in [2.45, 2.75) is 25.3 Å². The van der Waals surface area contributed by atoms with Crippen LogP contribution in [-0.4, -0.2) is 24.2 Å². The monoisotopic (exact) mass is 265 g/mol. The Morgan fingerprint density at radius 2 is 2.21 bits per heavy atom. The molecule has 0 aromatic heterocycles. The average Bonchev–Trinajstić information content (AvgIpc) is 2.86. The first-order chi connectivity index (χ1) is 9.19. The van der Waals surface area contributed by atoms with Crippen LogP contribution in [0.4, 0.5) is 8.78 Å². The average molecular weight is 265 g/mol. The molecule has 0 saturated carbocycles. The molecule has 0 spiro atoms. The summed E-state index contributed by atoms with van der Waals surface area (Å²) in [5, 5.41) is 3.15. The Morgan fingerprint density at radius 1 is 1.37 bits per heavy atom. The van der Waals surface area contributed by atoms with E-state index in [1.54, 1.807) is 0 Å². The van der Waals surface area contributed by atoms with Gasteiger partial charge in [0.1, 0.15) is 11.6 Å². The van der Waals surface area contributed by atoms with Gasteiger partial charge in [-0.3, -0.25) is 0 Å². The van der Waals surface area contributed by atoms with E-state index < -0.39 is 11.6 Å². The topological polar surface area (TPSA) is 41.3 Å². The third-order valence-corrected chi connectivity index (χ3v) is 3.98. The Morgan fingerprint density at radius 3 is 3.00 bits per heavy atom. The lowest BCUT2D eigenvalue weighted by atomic mass is 9.87. The lowest BCUT2D eigenvalue weighted by Gasteiger charge is -2.34. The van der Waals surface area contributed by atoms with Crippen LogP contribution < -0.4 is 11.1 Å². The van der Waals surface area contributed by atoms with Gasteiger partial charge in [-0.05, 0) is 36.5 Å². The minimum absolute atomic E-state index is 0.262. The van der Waals surface area contributed by atoms with Crippen molar-refractivity contribution < 1.29 is 8.78 Å². The summed E-state index contributed by atoms with van der Waals surface area (Å²) in [6.07, 6.45) is 4.11. The first-order valence-corrected chi connectivity index (χ1v) is 6.55. The Balaban J connectivity index is 1.84. The van der Waals surface area contributed by atoms with Crippen LogP contribution in [0.1, 0.15) is 17.5 Å². The van der Waals surface area contributed by atoms with E-state index in [1.165, 1.54) is 6.07 Å². The Hall–Kier alpha value is -1.62. The predicted molar refractivity (Wildman–Crippen MR) is 69.2 cm³/mol. The summed E-state index contributed by atoms with van der Waals surface area (Å²) in [7, 11) is 0. The molecule has 102 valence electrons. The van der Waals surface area contributed by atoms with Crippen LogP contribution in [0.25, 0.3) is 0 Å². The number of nitrogens with one attached hydrogen (secondary N) is 1. The molecule has 5 heteroatoms. The van der Waals surface area contributed by atoms with Gasteiger partial charge in [-0.25, -0.2) is 8.78 Å². The van der Waals surface area contributed by atoms with Gasteiger partial charge in [-0.1, -0.05) is 0 Å². The lowest BCUT2D eigenvalue weighted by molar-refractivity contribution is 0.239. The second-order valence-electron chi connectivity index (χ2n) is 5.09. The highest BCUT2D eigenvalue weighted by Crippen LogP contribution is 2.29. The van der Waals surface area contributed by atoms with Gasteiger partial charge in [0, 0.05) is 30.5 Å². The number of hydrogen-bond donors (Lipinski definition) is 2. The van der Waals surface area contributed by atoms with Crippen molar-refractivity contribution in [1.29, 1.82) is 0 Å². The maximum atomic E-state index is 13.7. The van der Waals surface area contributed by atoms with Gasteiger partial charge in [0.15, 0.2) is 0 Å². The molecule has 1 atom stereocenters. The maximum absolute atomic E-state index is 13.7. The molecule has 1 aliphatic carbocycles. The maximum Gasteiger partial charge on any atom is 0.129 e. The van der Waals surface area contributed by atoms with Gasteiger partial charge in [0.2, 0.25) is 0 Å². The fraction of sp³-hybridized carbons (Fsp3) is 0.429. The van der Waals surface area contributed by atoms with Crippen LogP contribution in [0.5, 0.6) is 0 Å². The van der Waals surface area contributed by atoms with E-state index >= 15 is 0 Å². The smallest absolute Gasteiger partial charge is 0.129 e. The molecule has 3 rings (SSSR count). The quantitative estimate of drug-likeness (QED) is 0.851. The zero-order chi connectivity index (χ0) is 13.4. The molecule has 0 fully saturated rings. The van der Waals surface area contributed by atoms with Gasteiger partial charge in [0.05, 0.1) is 6.67 Å². The number of hydrogen-bond acceptors (Lipinski definition) is 3. The number of halogens is 2. The second kappa shape index (κ2) is 4.81. The van der Waals surface area contributed by atoms with E-state index in [2.05, 4.69) is 10.2 Å². The van der Waals surface area contributed by atoms with Crippen molar-refractivity contribution in [2.24, 2.45) is 5.73 Å². The van der Waals surface area contributed by atoms with Crippen molar-refractivity contribution in [3.8, 4) is 0 Å². The minimum atomic E-state index is -0.494. The van der Waals surface area contributed by atoms with Crippen molar-refractivity contribution in [3.05, 3.63) is 46.8 Å². The van der Waals surface area contributed by atoms with E-state index in [9.17, 15) is 8.78 Å². The molecule has 0 unspecified atom stereocenters. The fourth-order valence-electron chi connectivity index (χ4n) is 3.04. The summed E-state index contributed by atoms with van der Waals surface area (Å²) in [6, 6.07) is 2.69. The summed E-state index contributed by atoms with van der Waals surface area (Å²) in [5.41, 5.74) is 8.22.